The molecule has 1 aromatic carbocycles. The maximum absolute atomic E-state index is 12.1. The van der Waals surface area contributed by atoms with Crippen LogP contribution in [0.2, 0.25) is 0 Å². The summed E-state index contributed by atoms with van der Waals surface area (Å²) in [5.74, 6) is 0.887. The van der Waals surface area contributed by atoms with Gasteiger partial charge < -0.3 is 10.5 Å². The Hall–Kier alpha value is -1.35. The molecule has 0 aliphatic carbocycles. The predicted octanol–water partition coefficient (Wildman–Crippen LogP) is 2.56. The van der Waals surface area contributed by atoms with E-state index >= 15 is 0 Å². The molecule has 0 heterocycles. The number of benzene rings is 1. The Balaban J connectivity index is 2.93. The van der Waals surface area contributed by atoms with Gasteiger partial charge in [0.05, 0.1) is 6.61 Å². The van der Waals surface area contributed by atoms with Crippen LogP contribution in [0.5, 0.6) is 5.75 Å². The number of ether oxygens (including phenoxy) is 1. The average molecular weight is 235 g/mol. The third-order valence-electron chi connectivity index (χ3n) is 2.91. The normalized spacial score (nSPS) is 12.2. The Morgan fingerprint density at radius 3 is 2.59 bits per heavy atom. The highest BCUT2D eigenvalue weighted by Crippen LogP contribution is 2.21. The molecule has 1 atom stereocenters. The predicted molar refractivity (Wildman–Crippen MR) is 69.5 cm³/mol. The van der Waals surface area contributed by atoms with Gasteiger partial charge in [0.25, 0.3) is 0 Å². The number of hydrogen-bond acceptors (Lipinski definition) is 3. The first-order valence-corrected chi connectivity index (χ1v) is 6.11. The molecule has 0 saturated heterocycles. The van der Waals surface area contributed by atoms with Crippen LogP contribution < -0.4 is 10.5 Å². The second-order valence-electron chi connectivity index (χ2n) is 4.12. The smallest absolute Gasteiger partial charge is 0.167 e. The van der Waals surface area contributed by atoms with Crippen molar-refractivity contribution in [2.24, 2.45) is 11.7 Å². The highest BCUT2D eigenvalue weighted by atomic mass is 16.5. The summed E-state index contributed by atoms with van der Waals surface area (Å²) in [5.41, 5.74) is 7.31. The van der Waals surface area contributed by atoms with Crippen LogP contribution in [0, 0.1) is 12.8 Å². The first kappa shape index (κ1) is 13.7. The van der Waals surface area contributed by atoms with Crippen molar-refractivity contribution in [3.8, 4) is 5.75 Å². The molecule has 1 rings (SSSR count). The van der Waals surface area contributed by atoms with Crippen molar-refractivity contribution >= 4 is 5.78 Å². The van der Waals surface area contributed by atoms with E-state index in [-0.39, 0.29) is 11.7 Å². The van der Waals surface area contributed by atoms with Crippen LogP contribution in [-0.2, 0) is 0 Å². The van der Waals surface area contributed by atoms with Crippen molar-refractivity contribution in [1.82, 2.24) is 0 Å². The van der Waals surface area contributed by atoms with Gasteiger partial charge in [0.2, 0.25) is 0 Å². The Morgan fingerprint density at radius 1 is 1.41 bits per heavy atom. The lowest BCUT2D eigenvalue weighted by Crippen LogP contribution is -2.23. The third kappa shape index (κ3) is 3.30. The van der Waals surface area contributed by atoms with Crippen molar-refractivity contribution in [1.29, 1.82) is 0 Å². The Labute approximate surface area is 103 Å². The standard InChI is InChI=1S/C14H21NO2/c1-4-11(9-15)14(16)12-6-7-13(17-5-2)10(3)8-12/h6-8,11H,4-5,9,15H2,1-3H3. The van der Waals surface area contributed by atoms with E-state index in [0.29, 0.717) is 13.2 Å². The number of nitrogens with two attached hydrogens (primary N) is 1. The van der Waals surface area contributed by atoms with Crippen molar-refractivity contribution in [2.45, 2.75) is 27.2 Å². The van der Waals surface area contributed by atoms with Gasteiger partial charge in [0, 0.05) is 18.0 Å². The van der Waals surface area contributed by atoms with E-state index in [9.17, 15) is 4.79 Å². The molecule has 1 aromatic rings. The molecule has 0 bridgehead atoms. The molecular weight excluding hydrogens is 214 g/mol. The van der Waals surface area contributed by atoms with Crippen LogP contribution in [0.1, 0.15) is 36.2 Å². The average Bonchev–Trinajstić information content (AvgIpc) is 2.33. The topological polar surface area (TPSA) is 52.3 Å². The van der Waals surface area contributed by atoms with E-state index in [4.69, 9.17) is 10.5 Å². The highest BCUT2D eigenvalue weighted by Gasteiger charge is 2.17. The number of hydrogen-bond donors (Lipinski definition) is 1. The summed E-state index contributed by atoms with van der Waals surface area (Å²) in [4.78, 5) is 12.1. The van der Waals surface area contributed by atoms with E-state index < -0.39 is 0 Å². The summed E-state index contributed by atoms with van der Waals surface area (Å²) >= 11 is 0. The molecule has 17 heavy (non-hydrogen) atoms. The quantitative estimate of drug-likeness (QED) is 0.771. The summed E-state index contributed by atoms with van der Waals surface area (Å²) in [5, 5.41) is 0. The first-order chi connectivity index (χ1) is 8.13. The monoisotopic (exact) mass is 235 g/mol. The summed E-state index contributed by atoms with van der Waals surface area (Å²) in [6.45, 7) is 6.91. The lowest BCUT2D eigenvalue weighted by atomic mass is 9.94. The molecule has 0 aliphatic heterocycles. The zero-order chi connectivity index (χ0) is 12.8. The van der Waals surface area contributed by atoms with E-state index in [1.807, 2.05) is 39.0 Å². The Morgan fingerprint density at radius 2 is 2.12 bits per heavy atom. The molecule has 0 saturated carbocycles. The molecule has 0 radical (unpaired) electrons. The molecule has 1 unspecified atom stereocenters. The number of Topliss-reactive ketones (excluding diaryl/α,β-unsaturated/α-hetero) is 1. The van der Waals surface area contributed by atoms with Crippen molar-refractivity contribution in [3.63, 3.8) is 0 Å². The second-order valence-corrected chi connectivity index (χ2v) is 4.12. The van der Waals surface area contributed by atoms with Gasteiger partial charge in [-0.3, -0.25) is 4.79 Å². The number of aryl methyl sites for hydroxylation is 1. The van der Waals surface area contributed by atoms with Gasteiger partial charge in [-0.1, -0.05) is 6.92 Å². The Kier molecular flexibility index (Phi) is 5.16. The first-order valence-electron chi connectivity index (χ1n) is 6.11. The van der Waals surface area contributed by atoms with Gasteiger partial charge >= 0.3 is 0 Å². The molecule has 0 spiro atoms. The van der Waals surface area contributed by atoms with Crippen molar-refractivity contribution in [3.05, 3.63) is 29.3 Å². The van der Waals surface area contributed by atoms with Gasteiger partial charge in [0.1, 0.15) is 5.75 Å². The molecule has 0 amide bonds. The number of carbonyl (C=O) groups excluding carboxylic acids is 1. The lowest BCUT2D eigenvalue weighted by Gasteiger charge is -2.13. The molecule has 94 valence electrons. The van der Waals surface area contributed by atoms with Crippen LogP contribution in [-0.4, -0.2) is 18.9 Å². The van der Waals surface area contributed by atoms with E-state index in [0.717, 1.165) is 23.3 Å². The molecule has 2 N–H and O–H groups in total. The minimum absolute atomic E-state index is 0.0765. The van der Waals surface area contributed by atoms with Crippen LogP contribution in [0.15, 0.2) is 18.2 Å². The molecular formula is C14H21NO2. The fourth-order valence-corrected chi connectivity index (χ4v) is 1.81. The van der Waals surface area contributed by atoms with Crippen LogP contribution >= 0.6 is 0 Å². The van der Waals surface area contributed by atoms with Gasteiger partial charge in [-0.25, -0.2) is 0 Å². The van der Waals surface area contributed by atoms with Crippen LogP contribution in [0.4, 0.5) is 0 Å². The number of ketones is 1. The third-order valence-corrected chi connectivity index (χ3v) is 2.91. The minimum Gasteiger partial charge on any atom is -0.494 e. The molecule has 0 aromatic heterocycles. The largest absolute Gasteiger partial charge is 0.494 e. The maximum Gasteiger partial charge on any atom is 0.167 e. The fraction of sp³-hybridized carbons (Fsp3) is 0.500. The van der Waals surface area contributed by atoms with Gasteiger partial charge in [0.15, 0.2) is 5.78 Å². The molecule has 3 heteroatoms. The SMILES string of the molecule is CCOc1ccc(C(=O)C(CC)CN)cc1C. The van der Waals surface area contributed by atoms with Gasteiger partial charge in [-0.2, -0.15) is 0 Å². The zero-order valence-electron chi connectivity index (χ0n) is 10.8. The van der Waals surface area contributed by atoms with Crippen LogP contribution in [0.25, 0.3) is 0 Å². The number of rotatable bonds is 6. The van der Waals surface area contributed by atoms with E-state index in [1.54, 1.807) is 0 Å². The van der Waals surface area contributed by atoms with Crippen molar-refractivity contribution < 1.29 is 9.53 Å². The van der Waals surface area contributed by atoms with Gasteiger partial charge in [-0.15, -0.1) is 0 Å². The van der Waals surface area contributed by atoms with Gasteiger partial charge in [-0.05, 0) is 44.0 Å². The highest BCUT2D eigenvalue weighted by molar-refractivity contribution is 5.98. The number of carbonyl (C=O) groups is 1. The molecule has 0 fully saturated rings. The second kappa shape index (κ2) is 6.40. The summed E-state index contributed by atoms with van der Waals surface area (Å²) in [7, 11) is 0. The summed E-state index contributed by atoms with van der Waals surface area (Å²) in [6.07, 6.45) is 0.779. The van der Waals surface area contributed by atoms with Crippen LogP contribution in [0.3, 0.4) is 0 Å². The summed E-state index contributed by atoms with van der Waals surface area (Å²) < 4.78 is 5.45. The molecule has 0 aliphatic rings. The lowest BCUT2D eigenvalue weighted by molar-refractivity contribution is 0.0921. The maximum atomic E-state index is 12.1. The summed E-state index contributed by atoms with van der Waals surface area (Å²) in [6, 6.07) is 5.56. The van der Waals surface area contributed by atoms with Crippen molar-refractivity contribution in [2.75, 3.05) is 13.2 Å². The van der Waals surface area contributed by atoms with E-state index in [1.165, 1.54) is 0 Å². The molecule has 3 nitrogen and oxygen atoms in total. The van der Waals surface area contributed by atoms with E-state index in [2.05, 4.69) is 0 Å². The zero-order valence-corrected chi connectivity index (χ0v) is 10.8. The fourth-order valence-electron chi connectivity index (χ4n) is 1.81. The minimum atomic E-state index is -0.0765. The Bertz CT molecular complexity index is 384.